The van der Waals surface area contributed by atoms with E-state index in [9.17, 15) is 4.79 Å². The van der Waals surface area contributed by atoms with Gasteiger partial charge in [0.25, 0.3) is 5.91 Å². The van der Waals surface area contributed by atoms with Crippen LogP contribution in [0, 0.1) is 0 Å². The molecule has 15 heavy (non-hydrogen) atoms. The van der Waals surface area contributed by atoms with Gasteiger partial charge in [0.1, 0.15) is 5.75 Å². The number of nitrogens with two attached hydrogens (primary N) is 1. The monoisotopic (exact) mass is 208 g/mol. The molecule has 1 aromatic carbocycles. The summed E-state index contributed by atoms with van der Waals surface area (Å²) in [6, 6.07) is 7.08. The Balaban J connectivity index is 2.62. The molecule has 0 bridgehead atoms. The summed E-state index contributed by atoms with van der Waals surface area (Å²) in [6.45, 7) is 1.18. The number of benzene rings is 1. The van der Waals surface area contributed by atoms with Gasteiger partial charge in [0, 0.05) is 12.6 Å². The average Bonchev–Trinajstić information content (AvgIpc) is 2.29. The maximum Gasteiger partial charge on any atom is 0.251 e. The number of carbonyl (C=O) groups is 1. The number of amides is 1. The number of carbonyl (C=O) groups excluding carboxylic acids is 1. The Labute approximate surface area is 89.4 Å². The summed E-state index contributed by atoms with van der Waals surface area (Å²) in [6.07, 6.45) is 0.810. The third-order valence-electron chi connectivity index (χ3n) is 1.94. The van der Waals surface area contributed by atoms with Crippen LogP contribution in [0.5, 0.6) is 5.75 Å². The fraction of sp³-hybridized carbons (Fsp3) is 0.364. The molecule has 1 aromatic rings. The van der Waals surface area contributed by atoms with E-state index in [4.69, 9.17) is 10.5 Å². The first-order valence-electron chi connectivity index (χ1n) is 4.93. The summed E-state index contributed by atoms with van der Waals surface area (Å²) in [5.74, 6) is 0.587. The van der Waals surface area contributed by atoms with Gasteiger partial charge in [-0.15, -0.1) is 0 Å². The molecule has 0 aliphatic heterocycles. The van der Waals surface area contributed by atoms with E-state index in [2.05, 4.69) is 5.32 Å². The lowest BCUT2D eigenvalue weighted by Crippen LogP contribution is -2.17. The van der Waals surface area contributed by atoms with Crippen molar-refractivity contribution in [3.8, 4) is 5.75 Å². The molecular formula is C11H16N2O2. The topological polar surface area (TPSA) is 64.3 Å². The van der Waals surface area contributed by atoms with E-state index in [0.29, 0.717) is 24.5 Å². The lowest BCUT2D eigenvalue weighted by molar-refractivity contribution is 0.0962. The van der Waals surface area contributed by atoms with Crippen LogP contribution in [-0.2, 0) is 0 Å². The van der Waals surface area contributed by atoms with E-state index in [0.717, 1.165) is 6.42 Å². The summed E-state index contributed by atoms with van der Waals surface area (Å²) in [4.78, 5) is 11.3. The van der Waals surface area contributed by atoms with Crippen LogP contribution in [-0.4, -0.2) is 26.1 Å². The predicted molar refractivity (Wildman–Crippen MR) is 59.0 cm³/mol. The third kappa shape index (κ3) is 3.59. The molecule has 0 heterocycles. The zero-order chi connectivity index (χ0) is 11.1. The second-order valence-corrected chi connectivity index (χ2v) is 3.10. The smallest absolute Gasteiger partial charge is 0.251 e. The van der Waals surface area contributed by atoms with E-state index < -0.39 is 0 Å². The highest BCUT2D eigenvalue weighted by atomic mass is 16.5. The van der Waals surface area contributed by atoms with Crippen molar-refractivity contribution in [2.45, 2.75) is 6.42 Å². The molecule has 0 aliphatic carbocycles. The Morgan fingerprint density at radius 3 is 3.00 bits per heavy atom. The van der Waals surface area contributed by atoms with Crippen molar-refractivity contribution in [1.29, 1.82) is 0 Å². The highest BCUT2D eigenvalue weighted by Gasteiger charge is 2.03. The number of hydrogen-bond donors (Lipinski definition) is 2. The summed E-state index contributed by atoms with van der Waals surface area (Å²) in [7, 11) is 1.60. The van der Waals surface area contributed by atoms with Crippen molar-refractivity contribution >= 4 is 5.91 Å². The van der Waals surface area contributed by atoms with Gasteiger partial charge in [0.05, 0.1) is 6.61 Å². The molecule has 0 saturated carbocycles. The van der Waals surface area contributed by atoms with Crippen molar-refractivity contribution in [2.75, 3.05) is 20.2 Å². The zero-order valence-electron chi connectivity index (χ0n) is 8.82. The average molecular weight is 208 g/mol. The van der Waals surface area contributed by atoms with E-state index in [1.165, 1.54) is 0 Å². The van der Waals surface area contributed by atoms with Gasteiger partial charge >= 0.3 is 0 Å². The van der Waals surface area contributed by atoms with Crippen molar-refractivity contribution in [2.24, 2.45) is 5.73 Å². The van der Waals surface area contributed by atoms with Crippen LogP contribution in [0.2, 0.25) is 0 Å². The molecule has 4 heteroatoms. The molecule has 82 valence electrons. The first-order chi connectivity index (χ1) is 7.27. The van der Waals surface area contributed by atoms with Gasteiger partial charge in [-0.05, 0) is 31.2 Å². The molecule has 1 amide bonds. The lowest BCUT2D eigenvalue weighted by atomic mass is 10.2. The van der Waals surface area contributed by atoms with Gasteiger partial charge < -0.3 is 15.8 Å². The lowest BCUT2D eigenvalue weighted by Gasteiger charge is -2.06. The van der Waals surface area contributed by atoms with Crippen LogP contribution in [0.1, 0.15) is 16.8 Å². The van der Waals surface area contributed by atoms with Gasteiger partial charge in [-0.3, -0.25) is 4.79 Å². The highest BCUT2D eigenvalue weighted by Crippen LogP contribution is 2.13. The molecular weight excluding hydrogens is 192 g/mol. The van der Waals surface area contributed by atoms with Gasteiger partial charge in [-0.1, -0.05) is 6.07 Å². The summed E-state index contributed by atoms with van der Waals surface area (Å²) in [5.41, 5.74) is 5.95. The molecule has 0 atom stereocenters. The van der Waals surface area contributed by atoms with Crippen molar-refractivity contribution in [3.63, 3.8) is 0 Å². The van der Waals surface area contributed by atoms with Gasteiger partial charge in [0.15, 0.2) is 0 Å². The van der Waals surface area contributed by atoms with E-state index >= 15 is 0 Å². The molecule has 0 spiro atoms. The molecule has 0 fully saturated rings. The van der Waals surface area contributed by atoms with Gasteiger partial charge in [0.2, 0.25) is 0 Å². The minimum atomic E-state index is -0.112. The van der Waals surface area contributed by atoms with E-state index in [-0.39, 0.29) is 5.91 Å². The molecule has 0 unspecified atom stereocenters. The minimum Gasteiger partial charge on any atom is -0.494 e. The molecule has 0 aromatic heterocycles. The van der Waals surface area contributed by atoms with Crippen molar-refractivity contribution in [1.82, 2.24) is 5.32 Å². The Morgan fingerprint density at radius 1 is 1.53 bits per heavy atom. The van der Waals surface area contributed by atoms with E-state index in [1.54, 1.807) is 25.2 Å². The zero-order valence-corrected chi connectivity index (χ0v) is 8.82. The Morgan fingerprint density at radius 2 is 2.33 bits per heavy atom. The maximum absolute atomic E-state index is 11.3. The maximum atomic E-state index is 11.3. The number of nitrogens with one attached hydrogen (secondary N) is 1. The number of hydrogen-bond acceptors (Lipinski definition) is 3. The third-order valence-corrected chi connectivity index (χ3v) is 1.94. The summed E-state index contributed by atoms with van der Waals surface area (Å²) >= 11 is 0. The fourth-order valence-corrected chi connectivity index (χ4v) is 1.14. The summed E-state index contributed by atoms with van der Waals surface area (Å²) in [5, 5.41) is 2.56. The minimum absolute atomic E-state index is 0.112. The predicted octanol–water partition coefficient (Wildman–Crippen LogP) is 0.774. The Bertz CT molecular complexity index is 326. The first-order valence-corrected chi connectivity index (χ1v) is 4.93. The second kappa shape index (κ2) is 6.03. The second-order valence-electron chi connectivity index (χ2n) is 3.10. The molecule has 3 N–H and O–H groups in total. The molecule has 0 aliphatic rings. The summed E-state index contributed by atoms with van der Waals surface area (Å²) < 4.78 is 5.42. The Kier molecular flexibility index (Phi) is 4.63. The standard InChI is InChI=1S/C11H16N2O2/c1-13-11(14)9-4-2-5-10(8-9)15-7-3-6-12/h2,4-5,8H,3,6-7,12H2,1H3,(H,13,14). The largest absolute Gasteiger partial charge is 0.494 e. The van der Waals surface area contributed by atoms with Crippen molar-refractivity contribution in [3.05, 3.63) is 29.8 Å². The quantitative estimate of drug-likeness (QED) is 0.703. The van der Waals surface area contributed by atoms with Crippen molar-refractivity contribution < 1.29 is 9.53 Å². The van der Waals surface area contributed by atoms with Gasteiger partial charge in [-0.25, -0.2) is 0 Å². The Hall–Kier alpha value is -1.55. The van der Waals surface area contributed by atoms with Crippen LogP contribution in [0.15, 0.2) is 24.3 Å². The van der Waals surface area contributed by atoms with Crippen LogP contribution in [0.3, 0.4) is 0 Å². The highest BCUT2D eigenvalue weighted by molar-refractivity contribution is 5.94. The van der Waals surface area contributed by atoms with Crippen LogP contribution in [0.4, 0.5) is 0 Å². The number of ether oxygens (including phenoxy) is 1. The first kappa shape index (κ1) is 11.5. The van der Waals surface area contributed by atoms with Crippen LogP contribution < -0.4 is 15.8 Å². The molecule has 0 saturated heterocycles. The van der Waals surface area contributed by atoms with Crippen LogP contribution >= 0.6 is 0 Å². The van der Waals surface area contributed by atoms with Gasteiger partial charge in [-0.2, -0.15) is 0 Å². The normalized spacial score (nSPS) is 9.73. The molecule has 1 rings (SSSR count). The number of rotatable bonds is 5. The van der Waals surface area contributed by atoms with E-state index in [1.807, 2.05) is 6.07 Å². The SMILES string of the molecule is CNC(=O)c1cccc(OCCCN)c1. The fourth-order valence-electron chi connectivity index (χ4n) is 1.14. The molecule has 4 nitrogen and oxygen atoms in total. The molecule has 0 radical (unpaired) electrons. The van der Waals surface area contributed by atoms with Crippen LogP contribution in [0.25, 0.3) is 0 Å².